The van der Waals surface area contributed by atoms with E-state index in [-0.39, 0.29) is 53.9 Å². The molecule has 3 rings (SSSR count). The Balaban J connectivity index is 0.00000243. The molecule has 1 saturated heterocycles. The summed E-state index contributed by atoms with van der Waals surface area (Å²) in [6.07, 6.45) is -0.774. The number of carbonyl (C=O) groups is 2. The molecule has 1 aromatic heterocycles. The third kappa shape index (κ3) is 4.73. The topological polar surface area (TPSA) is 98.2 Å². The third-order valence-corrected chi connectivity index (χ3v) is 4.43. The zero-order chi connectivity index (χ0) is 18.2. The molecule has 2 heterocycles. The van der Waals surface area contributed by atoms with Crippen LogP contribution >= 0.6 is 0 Å². The maximum atomic E-state index is 12.5. The molecule has 2 fully saturated rings. The summed E-state index contributed by atoms with van der Waals surface area (Å²) in [5.74, 6) is -1.51. The molecule has 1 aliphatic heterocycles. The van der Waals surface area contributed by atoms with E-state index in [9.17, 15) is 27.9 Å². The fraction of sp³-hybridized carbons (Fsp3) is 0.600. The summed E-state index contributed by atoms with van der Waals surface area (Å²) in [5, 5.41) is 13.8. The fourth-order valence-electron chi connectivity index (χ4n) is 3.10. The van der Waals surface area contributed by atoms with Crippen molar-refractivity contribution in [2.24, 2.45) is 0 Å². The van der Waals surface area contributed by atoms with Gasteiger partial charge >= 0.3 is 35.7 Å². The molecule has 2 aliphatic rings. The van der Waals surface area contributed by atoms with E-state index in [1.54, 1.807) is 4.90 Å². The van der Waals surface area contributed by atoms with E-state index in [0.29, 0.717) is 25.2 Å². The van der Waals surface area contributed by atoms with E-state index in [1.807, 2.05) is 0 Å². The molecule has 0 spiro atoms. The average Bonchev–Trinajstić information content (AvgIpc) is 3.29. The van der Waals surface area contributed by atoms with E-state index in [1.165, 1.54) is 0 Å². The number of aliphatic carboxylic acids is 1. The second-order valence-electron chi connectivity index (χ2n) is 6.21. The summed E-state index contributed by atoms with van der Waals surface area (Å²) in [5.41, 5.74) is -0.963. The van der Waals surface area contributed by atoms with Gasteiger partial charge in [-0.05, 0) is 25.7 Å². The number of aromatic nitrogens is 2. The molecule has 1 aliphatic carbocycles. The first-order valence-electron chi connectivity index (χ1n) is 7.91. The predicted octanol–water partition coefficient (Wildman–Crippen LogP) is -3.14. The van der Waals surface area contributed by atoms with Crippen LogP contribution in [0.5, 0.6) is 0 Å². The normalized spacial score (nSPS) is 23.3. The number of nitrogens with one attached hydrogen (secondary N) is 1. The molecule has 1 saturated carbocycles. The second kappa shape index (κ2) is 8.20. The maximum absolute atomic E-state index is 12.5. The SMILES string of the molecule is O=C([O-])C1CCC(C(=O)NCc2ncc(C(F)(F)F)cn2)N1C1CC1.[Na+]. The number of hydrogen-bond donors (Lipinski definition) is 1. The number of carboxylic acid groups (broad SMARTS) is 1. The number of carboxylic acids is 1. The van der Waals surface area contributed by atoms with Gasteiger partial charge in [-0.25, -0.2) is 9.97 Å². The minimum Gasteiger partial charge on any atom is -0.548 e. The second-order valence-corrected chi connectivity index (χ2v) is 6.21. The molecule has 136 valence electrons. The Hall–Kier alpha value is -1.23. The molecule has 1 N–H and O–H groups in total. The van der Waals surface area contributed by atoms with Crippen LogP contribution < -0.4 is 40.0 Å². The van der Waals surface area contributed by atoms with Crippen molar-refractivity contribution < 1.29 is 57.4 Å². The third-order valence-electron chi connectivity index (χ3n) is 4.43. The van der Waals surface area contributed by atoms with Gasteiger partial charge in [-0.3, -0.25) is 9.69 Å². The van der Waals surface area contributed by atoms with Gasteiger partial charge in [0.1, 0.15) is 5.82 Å². The first-order chi connectivity index (χ1) is 11.8. The van der Waals surface area contributed by atoms with Gasteiger partial charge in [-0.2, -0.15) is 13.2 Å². The van der Waals surface area contributed by atoms with Crippen LogP contribution in [0.3, 0.4) is 0 Å². The standard InChI is InChI=1S/C15H17F3N4O3.Na/c16-15(17,18)8-5-19-12(20-6-8)7-21-13(23)10-3-4-11(14(24)25)22(10)9-1-2-9;/h5-6,9-11H,1-4,7H2,(H,21,23)(H,24,25);/q;+1/p-1. The molecule has 11 heteroatoms. The fourth-order valence-corrected chi connectivity index (χ4v) is 3.10. The number of amides is 1. The van der Waals surface area contributed by atoms with E-state index in [2.05, 4.69) is 15.3 Å². The summed E-state index contributed by atoms with van der Waals surface area (Å²) in [6.45, 7) is -0.123. The number of alkyl halides is 3. The zero-order valence-electron chi connectivity index (χ0n) is 14.1. The molecular formula is C15H16F3N4NaO3. The monoisotopic (exact) mass is 380 g/mol. The van der Waals surface area contributed by atoms with Gasteiger partial charge in [0.2, 0.25) is 5.91 Å². The smallest absolute Gasteiger partial charge is 0.548 e. The summed E-state index contributed by atoms with van der Waals surface area (Å²) in [4.78, 5) is 32.4. The van der Waals surface area contributed by atoms with Crippen molar-refractivity contribution >= 4 is 11.9 Å². The van der Waals surface area contributed by atoms with Crippen molar-refractivity contribution in [1.82, 2.24) is 20.2 Å². The van der Waals surface area contributed by atoms with Gasteiger partial charge < -0.3 is 15.2 Å². The summed E-state index contributed by atoms with van der Waals surface area (Å²) < 4.78 is 37.4. The van der Waals surface area contributed by atoms with Crippen molar-refractivity contribution in [3.8, 4) is 0 Å². The number of likely N-dealkylation sites (tertiary alicyclic amines) is 1. The molecule has 26 heavy (non-hydrogen) atoms. The first kappa shape index (κ1) is 21.1. The Bertz CT molecular complexity index is 667. The molecule has 0 bridgehead atoms. The Morgan fingerprint density at radius 1 is 1.15 bits per heavy atom. The van der Waals surface area contributed by atoms with Crippen LogP contribution in [-0.4, -0.2) is 44.9 Å². The van der Waals surface area contributed by atoms with Crippen molar-refractivity contribution in [1.29, 1.82) is 0 Å². The van der Waals surface area contributed by atoms with E-state index >= 15 is 0 Å². The Kier molecular flexibility index (Phi) is 6.65. The Morgan fingerprint density at radius 3 is 2.23 bits per heavy atom. The van der Waals surface area contributed by atoms with Crippen LogP contribution in [0.25, 0.3) is 0 Å². The van der Waals surface area contributed by atoms with Gasteiger partial charge in [0.15, 0.2) is 0 Å². The summed E-state index contributed by atoms with van der Waals surface area (Å²) in [7, 11) is 0. The molecule has 2 unspecified atom stereocenters. The number of nitrogens with zero attached hydrogens (tertiary/aromatic N) is 3. The molecule has 7 nitrogen and oxygen atoms in total. The average molecular weight is 380 g/mol. The molecule has 1 amide bonds. The van der Waals surface area contributed by atoms with Gasteiger partial charge in [0, 0.05) is 18.4 Å². The van der Waals surface area contributed by atoms with Crippen molar-refractivity contribution in [2.75, 3.05) is 0 Å². The van der Waals surface area contributed by atoms with Gasteiger partial charge in [0.05, 0.1) is 30.2 Å². The van der Waals surface area contributed by atoms with Crippen molar-refractivity contribution in [2.45, 2.75) is 56.5 Å². The van der Waals surface area contributed by atoms with Crippen LogP contribution in [0.4, 0.5) is 13.2 Å². The van der Waals surface area contributed by atoms with Crippen LogP contribution in [-0.2, 0) is 22.3 Å². The van der Waals surface area contributed by atoms with E-state index in [4.69, 9.17) is 0 Å². The maximum Gasteiger partial charge on any atom is 1.00 e. The molecule has 0 aromatic carbocycles. The molecular weight excluding hydrogens is 364 g/mol. The van der Waals surface area contributed by atoms with Crippen LogP contribution in [0, 0.1) is 0 Å². The summed E-state index contributed by atoms with van der Waals surface area (Å²) >= 11 is 0. The van der Waals surface area contributed by atoms with E-state index < -0.39 is 29.8 Å². The van der Waals surface area contributed by atoms with Gasteiger partial charge in [-0.15, -0.1) is 0 Å². The van der Waals surface area contributed by atoms with E-state index in [0.717, 1.165) is 12.8 Å². The van der Waals surface area contributed by atoms with Crippen molar-refractivity contribution in [3.63, 3.8) is 0 Å². The zero-order valence-corrected chi connectivity index (χ0v) is 16.1. The van der Waals surface area contributed by atoms with Crippen LogP contribution in [0.2, 0.25) is 0 Å². The molecule has 0 radical (unpaired) electrons. The van der Waals surface area contributed by atoms with Crippen molar-refractivity contribution in [3.05, 3.63) is 23.8 Å². The first-order valence-corrected chi connectivity index (χ1v) is 7.91. The largest absolute Gasteiger partial charge is 1.00 e. The molecule has 1 aromatic rings. The summed E-state index contributed by atoms with van der Waals surface area (Å²) in [6, 6.07) is -1.28. The Labute approximate surface area is 169 Å². The predicted molar refractivity (Wildman–Crippen MR) is 75.6 cm³/mol. The number of carbonyl (C=O) groups excluding carboxylic acids is 2. The number of rotatable bonds is 5. The minimum atomic E-state index is -4.52. The van der Waals surface area contributed by atoms with Gasteiger partial charge in [0.25, 0.3) is 0 Å². The Morgan fingerprint density at radius 2 is 1.73 bits per heavy atom. The van der Waals surface area contributed by atoms with Crippen LogP contribution in [0.1, 0.15) is 37.1 Å². The quantitative estimate of drug-likeness (QED) is 0.543. The number of hydrogen-bond acceptors (Lipinski definition) is 6. The molecule has 2 atom stereocenters. The van der Waals surface area contributed by atoms with Gasteiger partial charge in [-0.1, -0.05) is 0 Å². The number of halogens is 3. The minimum absolute atomic E-state index is 0. The van der Waals surface area contributed by atoms with Crippen LogP contribution in [0.15, 0.2) is 12.4 Å².